The highest BCUT2D eigenvalue weighted by Gasteiger charge is 2.15. The van der Waals surface area contributed by atoms with Gasteiger partial charge in [-0.05, 0) is 13.0 Å². The minimum atomic E-state index is -0.936. The Labute approximate surface area is 97.0 Å². The van der Waals surface area contributed by atoms with Gasteiger partial charge in [-0.1, -0.05) is 0 Å². The maximum Gasteiger partial charge on any atom is 0.305 e. The van der Waals surface area contributed by atoms with Crippen molar-refractivity contribution >= 4 is 23.2 Å². The van der Waals surface area contributed by atoms with Crippen LogP contribution >= 0.6 is 11.3 Å². The van der Waals surface area contributed by atoms with Crippen LogP contribution in [0, 0.1) is 6.92 Å². The first-order valence-electron chi connectivity index (χ1n) is 4.69. The number of methoxy groups -OCH3 is 1. The van der Waals surface area contributed by atoms with E-state index in [1.807, 2.05) is 6.92 Å². The lowest BCUT2D eigenvalue weighted by Gasteiger charge is -2.03. The number of rotatable bonds is 5. The van der Waals surface area contributed by atoms with Gasteiger partial charge in [0.15, 0.2) is 0 Å². The fraction of sp³-hybridized carbons (Fsp3) is 0.400. The number of aliphatic carboxylic acids is 1. The molecule has 1 heterocycles. The Morgan fingerprint density at radius 1 is 1.56 bits per heavy atom. The number of hydrogen-bond acceptors (Lipinski definition) is 4. The number of carbonyl (C=O) groups is 2. The van der Waals surface area contributed by atoms with E-state index in [4.69, 9.17) is 9.84 Å². The molecule has 1 aromatic heterocycles. The maximum absolute atomic E-state index is 11.6. The molecule has 0 saturated heterocycles. The fourth-order valence-electron chi connectivity index (χ4n) is 1.16. The van der Waals surface area contributed by atoms with Gasteiger partial charge in [0, 0.05) is 11.4 Å². The van der Waals surface area contributed by atoms with Crippen molar-refractivity contribution in [3.05, 3.63) is 15.8 Å². The molecule has 0 spiro atoms. The van der Waals surface area contributed by atoms with Crippen LogP contribution < -0.4 is 10.1 Å². The monoisotopic (exact) mass is 243 g/mol. The summed E-state index contributed by atoms with van der Waals surface area (Å²) in [6.07, 6.45) is -0.0849. The Bertz CT molecular complexity index is 400. The molecule has 0 fully saturated rings. The van der Waals surface area contributed by atoms with Crippen LogP contribution in [0.1, 0.15) is 21.0 Å². The zero-order chi connectivity index (χ0) is 12.1. The maximum atomic E-state index is 11.6. The third-order valence-corrected chi connectivity index (χ3v) is 2.90. The number of carbonyl (C=O) groups excluding carboxylic acids is 1. The Balaban J connectivity index is 2.61. The van der Waals surface area contributed by atoms with E-state index in [2.05, 4.69) is 5.32 Å². The molecule has 0 aromatic carbocycles. The lowest BCUT2D eigenvalue weighted by Crippen LogP contribution is -2.25. The summed E-state index contributed by atoms with van der Waals surface area (Å²) in [6.45, 7) is 2.00. The number of amides is 1. The summed E-state index contributed by atoms with van der Waals surface area (Å²) in [6, 6.07) is 1.77. The second kappa shape index (κ2) is 5.50. The number of carboxylic acid groups (broad SMARTS) is 1. The molecule has 16 heavy (non-hydrogen) atoms. The molecule has 1 amide bonds. The van der Waals surface area contributed by atoms with Crippen LogP contribution in [0.5, 0.6) is 5.75 Å². The van der Waals surface area contributed by atoms with E-state index in [1.165, 1.54) is 18.4 Å². The molecule has 1 aromatic rings. The number of aryl methyl sites for hydroxylation is 1. The van der Waals surface area contributed by atoms with Crippen LogP contribution in [0.4, 0.5) is 0 Å². The second-order valence-electron chi connectivity index (χ2n) is 3.15. The molecule has 6 heteroatoms. The Morgan fingerprint density at radius 2 is 2.25 bits per heavy atom. The topological polar surface area (TPSA) is 75.6 Å². The van der Waals surface area contributed by atoms with E-state index in [-0.39, 0.29) is 18.9 Å². The number of ether oxygens (including phenoxy) is 1. The Morgan fingerprint density at radius 3 is 2.81 bits per heavy atom. The molecule has 0 aliphatic carbocycles. The van der Waals surface area contributed by atoms with Gasteiger partial charge in [-0.25, -0.2) is 0 Å². The Hall–Kier alpha value is -1.56. The first kappa shape index (κ1) is 12.5. The van der Waals surface area contributed by atoms with E-state index in [1.54, 1.807) is 6.07 Å². The van der Waals surface area contributed by atoms with Gasteiger partial charge in [-0.15, -0.1) is 11.3 Å². The molecular formula is C10H13NO4S. The molecule has 5 nitrogen and oxygen atoms in total. The van der Waals surface area contributed by atoms with E-state index >= 15 is 0 Å². The molecular weight excluding hydrogens is 230 g/mol. The standard InChI is InChI=1S/C10H13NO4S/c1-6-5-7(15-2)9(16-6)10(14)11-4-3-8(12)13/h5H,3-4H2,1-2H3,(H,11,14)(H,12,13). The summed E-state index contributed by atoms with van der Waals surface area (Å²) in [5, 5.41) is 11.0. The third kappa shape index (κ3) is 3.23. The summed E-state index contributed by atoms with van der Waals surface area (Å²) in [5.41, 5.74) is 0. The van der Waals surface area contributed by atoms with Crippen LogP contribution in [-0.2, 0) is 4.79 Å². The van der Waals surface area contributed by atoms with Crippen molar-refractivity contribution < 1.29 is 19.4 Å². The van der Waals surface area contributed by atoms with Gasteiger partial charge >= 0.3 is 5.97 Å². The summed E-state index contributed by atoms with van der Waals surface area (Å²) in [7, 11) is 1.50. The van der Waals surface area contributed by atoms with E-state index in [9.17, 15) is 9.59 Å². The van der Waals surface area contributed by atoms with Gasteiger partial charge in [-0.2, -0.15) is 0 Å². The molecule has 1 rings (SSSR count). The first-order chi connectivity index (χ1) is 7.54. The van der Waals surface area contributed by atoms with Crippen LogP contribution in [0.25, 0.3) is 0 Å². The molecule has 88 valence electrons. The molecule has 0 bridgehead atoms. The van der Waals surface area contributed by atoms with Crippen molar-refractivity contribution in [3.63, 3.8) is 0 Å². The zero-order valence-corrected chi connectivity index (χ0v) is 9.89. The first-order valence-corrected chi connectivity index (χ1v) is 5.50. The minimum Gasteiger partial charge on any atom is -0.495 e. The summed E-state index contributed by atoms with van der Waals surface area (Å²) < 4.78 is 5.05. The number of nitrogens with one attached hydrogen (secondary N) is 1. The van der Waals surface area contributed by atoms with Crippen molar-refractivity contribution in [2.24, 2.45) is 0 Å². The highest BCUT2D eigenvalue weighted by molar-refractivity contribution is 7.14. The van der Waals surface area contributed by atoms with Crippen LogP contribution in [-0.4, -0.2) is 30.6 Å². The summed E-state index contributed by atoms with van der Waals surface area (Å²) >= 11 is 1.32. The lowest BCUT2D eigenvalue weighted by molar-refractivity contribution is -0.136. The average molecular weight is 243 g/mol. The molecule has 0 aliphatic rings. The van der Waals surface area contributed by atoms with Gasteiger partial charge < -0.3 is 15.2 Å². The molecule has 0 aliphatic heterocycles. The van der Waals surface area contributed by atoms with Crippen molar-refractivity contribution in [2.75, 3.05) is 13.7 Å². The fourth-order valence-corrected chi connectivity index (χ4v) is 2.06. The predicted molar refractivity (Wildman–Crippen MR) is 60.2 cm³/mol. The highest BCUT2D eigenvalue weighted by atomic mass is 32.1. The molecule has 0 radical (unpaired) electrons. The number of carboxylic acids is 1. The van der Waals surface area contributed by atoms with E-state index < -0.39 is 5.97 Å². The molecule has 2 N–H and O–H groups in total. The van der Waals surface area contributed by atoms with Gasteiger partial charge in [-0.3, -0.25) is 9.59 Å². The van der Waals surface area contributed by atoms with Crippen molar-refractivity contribution in [3.8, 4) is 5.75 Å². The quantitative estimate of drug-likeness (QED) is 0.816. The molecule has 0 unspecified atom stereocenters. The second-order valence-corrected chi connectivity index (χ2v) is 4.41. The zero-order valence-electron chi connectivity index (χ0n) is 9.07. The lowest BCUT2D eigenvalue weighted by atomic mass is 10.3. The molecule has 0 atom stereocenters. The van der Waals surface area contributed by atoms with Crippen molar-refractivity contribution in [1.29, 1.82) is 0 Å². The number of hydrogen-bond donors (Lipinski definition) is 2. The Kier molecular flexibility index (Phi) is 4.30. The van der Waals surface area contributed by atoms with Gasteiger partial charge in [0.2, 0.25) is 0 Å². The smallest absolute Gasteiger partial charge is 0.305 e. The van der Waals surface area contributed by atoms with Gasteiger partial charge in [0.05, 0.1) is 13.5 Å². The van der Waals surface area contributed by atoms with Crippen LogP contribution in [0.3, 0.4) is 0 Å². The van der Waals surface area contributed by atoms with Crippen LogP contribution in [0.2, 0.25) is 0 Å². The van der Waals surface area contributed by atoms with Gasteiger partial charge in [0.25, 0.3) is 5.91 Å². The largest absolute Gasteiger partial charge is 0.495 e. The number of thiophene rings is 1. The molecule has 0 saturated carbocycles. The summed E-state index contributed by atoms with van der Waals surface area (Å²) in [5.74, 6) is -0.707. The summed E-state index contributed by atoms with van der Waals surface area (Å²) in [4.78, 5) is 23.4. The van der Waals surface area contributed by atoms with E-state index in [0.717, 1.165) is 4.88 Å². The predicted octanol–water partition coefficient (Wildman–Crippen LogP) is 1.27. The normalized spacial score (nSPS) is 9.88. The van der Waals surface area contributed by atoms with Gasteiger partial charge in [0.1, 0.15) is 10.6 Å². The third-order valence-electron chi connectivity index (χ3n) is 1.87. The van der Waals surface area contributed by atoms with Crippen molar-refractivity contribution in [2.45, 2.75) is 13.3 Å². The SMILES string of the molecule is COc1cc(C)sc1C(=O)NCCC(=O)O. The van der Waals surface area contributed by atoms with Crippen LogP contribution in [0.15, 0.2) is 6.07 Å². The average Bonchev–Trinajstić information content (AvgIpc) is 2.59. The van der Waals surface area contributed by atoms with E-state index in [0.29, 0.717) is 10.6 Å². The van der Waals surface area contributed by atoms with Crippen molar-refractivity contribution in [1.82, 2.24) is 5.32 Å². The minimum absolute atomic E-state index is 0.0849. The highest BCUT2D eigenvalue weighted by Crippen LogP contribution is 2.28.